The van der Waals surface area contributed by atoms with E-state index in [0.717, 1.165) is 33.9 Å². The Morgan fingerprint density at radius 1 is 1.03 bits per heavy atom. The minimum Gasteiger partial charge on any atom is -0.497 e. The SMILES string of the molecule is COc1ccc([C@H]2CC(c3ccccc3)=NN2c2[nH]c(=O)sc2N=Nc2ccc(Cl)cc2)cc1. The molecular weight excluding hydrogens is 470 g/mol. The van der Waals surface area contributed by atoms with Crippen LogP contribution in [-0.4, -0.2) is 17.8 Å². The second kappa shape index (κ2) is 9.62. The Kier molecular flexibility index (Phi) is 6.24. The van der Waals surface area contributed by atoms with Crippen LogP contribution in [0.5, 0.6) is 5.75 Å². The van der Waals surface area contributed by atoms with E-state index in [1.54, 1.807) is 31.4 Å². The predicted octanol–water partition coefficient (Wildman–Crippen LogP) is 6.87. The van der Waals surface area contributed by atoms with Crippen molar-refractivity contribution in [1.29, 1.82) is 0 Å². The molecule has 0 bridgehead atoms. The first-order chi connectivity index (χ1) is 16.6. The molecule has 7 nitrogen and oxygen atoms in total. The highest BCUT2D eigenvalue weighted by Gasteiger charge is 2.33. The number of rotatable bonds is 6. The first-order valence-corrected chi connectivity index (χ1v) is 11.8. The number of aromatic nitrogens is 1. The van der Waals surface area contributed by atoms with Gasteiger partial charge in [0, 0.05) is 11.4 Å². The summed E-state index contributed by atoms with van der Waals surface area (Å²) in [5.74, 6) is 1.29. The highest BCUT2D eigenvalue weighted by Crippen LogP contribution is 2.41. The summed E-state index contributed by atoms with van der Waals surface area (Å²) in [6, 6.07) is 24.8. The summed E-state index contributed by atoms with van der Waals surface area (Å²) in [5, 5.41) is 16.5. The molecule has 0 unspecified atom stereocenters. The van der Waals surface area contributed by atoms with Gasteiger partial charge >= 0.3 is 4.87 Å². The normalized spacial score (nSPS) is 15.6. The zero-order valence-corrected chi connectivity index (χ0v) is 19.8. The van der Waals surface area contributed by atoms with Crippen LogP contribution in [0.25, 0.3) is 0 Å². The maximum atomic E-state index is 12.4. The molecule has 1 aliphatic rings. The lowest BCUT2D eigenvalue weighted by Gasteiger charge is -2.22. The van der Waals surface area contributed by atoms with Crippen LogP contribution in [0.2, 0.25) is 5.02 Å². The minimum absolute atomic E-state index is 0.129. The van der Waals surface area contributed by atoms with Gasteiger partial charge in [0.1, 0.15) is 5.75 Å². The van der Waals surface area contributed by atoms with Gasteiger partial charge in [0.2, 0.25) is 0 Å². The number of nitrogens with zero attached hydrogens (tertiary/aromatic N) is 4. The van der Waals surface area contributed by atoms with Gasteiger partial charge in [-0.1, -0.05) is 65.4 Å². The Hall–Kier alpha value is -3.75. The third-order valence-electron chi connectivity index (χ3n) is 5.44. The van der Waals surface area contributed by atoms with Gasteiger partial charge in [0.05, 0.1) is 24.6 Å². The van der Waals surface area contributed by atoms with E-state index >= 15 is 0 Å². The van der Waals surface area contributed by atoms with Gasteiger partial charge in [0.25, 0.3) is 0 Å². The summed E-state index contributed by atoms with van der Waals surface area (Å²) in [5.41, 5.74) is 3.64. The van der Waals surface area contributed by atoms with Crippen molar-refractivity contribution in [3.05, 3.63) is 105 Å². The third kappa shape index (κ3) is 4.64. The molecule has 9 heteroatoms. The van der Waals surface area contributed by atoms with Crippen LogP contribution < -0.4 is 14.6 Å². The summed E-state index contributed by atoms with van der Waals surface area (Å²) < 4.78 is 5.31. The quantitative estimate of drug-likeness (QED) is 0.300. The van der Waals surface area contributed by atoms with Gasteiger partial charge < -0.3 is 4.74 Å². The summed E-state index contributed by atoms with van der Waals surface area (Å²) in [4.78, 5) is 15.0. The molecular formula is C25H20ClN5O2S. The van der Waals surface area contributed by atoms with Gasteiger partial charge in [-0.2, -0.15) is 5.10 Å². The fraction of sp³-hybridized carbons (Fsp3) is 0.120. The number of nitrogens with one attached hydrogen (secondary N) is 1. The number of methoxy groups -OCH3 is 1. The molecule has 0 amide bonds. The summed E-state index contributed by atoms with van der Waals surface area (Å²) >= 11 is 6.95. The molecule has 1 aromatic heterocycles. The van der Waals surface area contributed by atoms with Crippen molar-refractivity contribution in [2.75, 3.05) is 12.1 Å². The van der Waals surface area contributed by atoms with Crippen molar-refractivity contribution in [1.82, 2.24) is 4.98 Å². The third-order valence-corrected chi connectivity index (χ3v) is 6.45. The van der Waals surface area contributed by atoms with E-state index in [1.165, 1.54) is 0 Å². The van der Waals surface area contributed by atoms with Gasteiger partial charge in [-0.3, -0.25) is 9.78 Å². The maximum Gasteiger partial charge on any atom is 0.308 e. The van der Waals surface area contributed by atoms with Crippen LogP contribution in [0.4, 0.5) is 16.5 Å². The van der Waals surface area contributed by atoms with Crippen LogP contribution in [-0.2, 0) is 0 Å². The number of azo groups is 1. The van der Waals surface area contributed by atoms with E-state index in [-0.39, 0.29) is 10.9 Å². The number of hydrogen-bond acceptors (Lipinski definition) is 7. The first kappa shape index (κ1) is 22.1. The molecule has 0 saturated carbocycles. The monoisotopic (exact) mass is 489 g/mol. The number of hydrogen-bond donors (Lipinski definition) is 1. The smallest absolute Gasteiger partial charge is 0.308 e. The predicted molar refractivity (Wildman–Crippen MR) is 136 cm³/mol. The number of halogens is 1. The molecule has 5 rings (SSSR count). The Bertz CT molecular complexity index is 1400. The molecule has 34 heavy (non-hydrogen) atoms. The van der Waals surface area contributed by atoms with Crippen LogP contribution in [0.1, 0.15) is 23.6 Å². The van der Waals surface area contributed by atoms with Crippen LogP contribution in [0.3, 0.4) is 0 Å². The lowest BCUT2D eigenvalue weighted by molar-refractivity contribution is 0.414. The van der Waals surface area contributed by atoms with E-state index in [0.29, 0.717) is 27.9 Å². The number of hydrazone groups is 1. The van der Waals surface area contributed by atoms with Gasteiger partial charge in [-0.05, 0) is 47.5 Å². The Balaban J connectivity index is 1.55. The van der Waals surface area contributed by atoms with Crippen molar-refractivity contribution in [3.63, 3.8) is 0 Å². The van der Waals surface area contributed by atoms with Crippen molar-refractivity contribution in [2.24, 2.45) is 15.3 Å². The molecule has 1 N–H and O–H groups in total. The number of thiazole rings is 1. The van der Waals surface area contributed by atoms with Gasteiger partial charge in [-0.25, -0.2) is 5.01 Å². The molecule has 0 fully saturated rings. The van der Waals surface area contributed by atoms with Crippen LogP contribution in [0, 0.1) is 0 Å². The standard InChI is InChI=1S/C25H20ClN5O2S/c1-33-20-13-7-17(8-14-20)22-15-21(16-5-3-2-4-6-16)30-31(22)23-24(34-25(32)27-23)29-28-19-11-9-18(26)10-12-19/h2-14,22H,15H2,1H3,(H,27,32)/t22-/m1/s1. The van der Waals surface area contributed by atoms with E-state index in [9.17, 15) is 4.79 Å². The lowest BCUT2D eigenvalue weighted by Crippen LogP contribution is -2.19. The van der Waals surface area contributed by atoms with E-state index in [1.807, 2.05) is 59.6 Å². The largest absolute Gasteiger partial charge is 0.497 e. The average molecular weight is 490 g/mol. The Labute approximate surface area is 205 Å². The molecule has 170 valence electrons. The number of anilines is 1. The van der Waals surface area contributed by atoms with E-state index < -0.39 is 0 Å². The number of benzene rings is 3. The summed E-state index contributed by atoms with van der Waals surface area (Å²) in [7, 11) is 1.64. The van der Waals surface area contributed by atoms with E-state index in [4.69, 9.17) is 21.4 Å². The summed E-state index contributed by atoms with van der Waals surface area (Å²) in [6.45, 7) is 0. The molecule has 4 aromatic rings. The molecule has 2 heterocycles. The molecule has 1 aliphatic heterocycles. The first-order valence-electron chi connectivity index (χ1n) is 10.6. The average Bonchev–Trinajstić information content (AvgIpc) is 3.48. The fourth-order valence-electron chi connectivity index (χ4n) is 3.75. The Morgan fingerprint density at radius 3 is 2.47 bits per heavy atom. The Morgan fingerprint density at radius 2 is 1.76 bits per heavy atom. The summed E-state index contributed by atoms with van der Waals surface area (Å²) in [6.07, 6.45) is 0.669. The van der Waals surface area contributed by atoms with Crippen molar-refractivity contribution in [3.8, 4) is 5.75 Å². The molecule has 1 atom stereocenters. The van der Waals surface area contributed by atoms with Crippen LogP contribution >= 0.6 is 22.9 Å². The molecule has 3 aromatic carbocycles. The second-order valence-electron chi connectivity index (χ2n) is 7.60. The highest BCUT2D eigenvalue weighted by molar-refractivity contribution is 7.13. The fourth-order valence-corrected chi connectivity index (χ4v) is 4.53. The lowest BCUT2D eigenvalue weighted by atomic mass is 9.98. The maximum absolute atomic E-state index is 12.4. The topological polar surface area (TPSA) is 82.4 Å². The van der Waals surface area contributed by atoms with Crippen molar-refractivity contribution in [2.45, 2.75) is 12.5 Å². The number of ether oxygens (including phenoxy) is 1. The molecule has 0 aliphatic carbocycles. The highest BCUT2D eigenvalue weighted by atomic mass is 35.5. The van der Waals surface area contributed by atoms with Crippen LogP contribution in [0.15, 0.2) is 99.0 Å². The van der Waals surface area contributed by atoms with Gasteiger partial charge in [-0.15, -0.1) is 10.2 Å². The van der Waals surface area contributed by atoms with Crippen molar-refractivity contribution < 1.29 is 4.74 Å². The zero-order valence-electron chi connectivity index (χ0n) is 18.2. The molecule has 0 saturated heterocycles. The second-order valence-corrected chi connectivity index (χ2v) is 8.99. The van der Waals surface area contributed by atoms with E-state index in [2.05, 4.69) is 15.2 Å². The van der Waals surface area contributed by atoms with Crippen molar-refractivity contribution >= 4 is 45.2 Å². The molecule has 0 spiro atoms. The van der Waals surface area contributed by atoms with Gasteiger partial charge in [0.15, 0.2) is 10.8 Å². The number of aromatic amines is 1. The number of H-pyrrole nitrogens is 1. The zero-order chi connectivity index (χ0) is 23.5. The minimum atomic E-state index is -0.225. The molecule has 0 radical (unpaired) electrons.